The van der Waals surface area contributed by atoms with Crippen LogP contribution in [-0.2, 0) is 10.0 Å². The van der Waals surface area contributed by atoms with Crippen molar-refractivity contribution in [2.24, 2.45) is 0 Å². The number of carbonyl (C=O) groups excluding carboxylic acids is 1. The number of halogens is 3. The molecule has 10 heteroatoms. The molecule has 1 amide bonds. The average Bonchev–Trinajstić information content (AvgIpc) is 2.98. The first-order valence-electron chi connectivity index (χ1n) is 7.87. The Morgan fingerprint density at radius 1 is 1.22 bits per heavy atom. The Morgan fingerprint density at radius 2 is 1.96 bits per heavy atom. The molecule has 0 bridgehead atoms. The fourth-order valence-corrected chi connectivity index (χ4v) is 4.53. The summed E-state index contributed by atoms with van der Waals surface area (Å²) in [5.74, 6) is -1.07. The smallest absolute Gasteiger partial charge is 0.255 e. The highest BCUT2D eigenvalue weighted by Crippen LogP contribution is 2.24. The predicted octanol–water partition coefficient (Wildman–Crippen LogP) is 2.54. The maximum atomic E-state index is 13.5. The fraction of sp³-hybridized carbons (Fsp3) is 0.235. The molecule has 2 atom stereocenters. The number of carbonyl (C=O) groups is 1. The van der Waals surface area contributed by atoms with Crippen molar-refractivity contribution in [2.75, 3.05) is 18.4 Å². The summed E-state index contributed by atoms with van der Waals surface area (Å²) < 4.78 is 53.0. The summed E-state index contributed by atoms with van der Waals surface area (Å²) in [7, 11) is -4.05. The van der Waals surface area contributed by atoms with Gasteiger partial charge in [-0.25, -0.2) is 17.2 Å². The molecule has 0 aliphatic carbocycles. The molecule has 0 spiro atoms. The van der Waals surface area contributed by atoms with Crippen molar-refractivity contribution >= 4 is 37.5 Å². The standard InChI is InChI=1S/C17H15BrF2N2O4S/c18-13-7-11(4-5-14(13)19)21-17(24)10-2-1-3-12(6-10)27(25,26)22-8-15(20)16(23)9-22/h1-7,15-16,23H,8-9H2,(H,21,24). The summed E-state index contributed by atoms with van der Waals surface area (Å²) in [6, 6.07) is 9.18. The second-order valence-corrected chi connectivity index (χ2v) is 8.81. The third-order valence-corrected chi connectivity index (χ3v) is 6.53. The summed E-state index contributed by atoms with van der Waals surface area (Å²) in [6.45, 7) is -0.785. The Morgan fingerprint density at radius 3 is 2.59 bits per heavy atom. The predicted molar refractivity (Wildman–Crippen MR) is 98.2 cm³/mol. The molecule has 2 aromatic carbocycles. The van der Waals surface area contributed by atoms with Crippen molar-refractivity contribution in [1.82, 2.24) is 4.31 Å². The van der Waals surface area contributed by atoms with E-state index in [4.69, 9.17) is 0 Å². The van der Waals surface area contributed by atoms with Gasteiger partial charge in [-0.3, -0.25) is 4.79 Å². The van der Waals surface area contributed by atoms with Gasteiger partial charge < -0.3 is 10.4 Å². The molecule has 0 aromatic heterocycles. The number of anilines is 1. The number of amides is 1. The van der Waals surface area contributed by atoms with E-state index in [0.717, 1.165) is 4.31 Å². The van der Waals surface area contributed by atoms with Crippen LogP contribution >= 0.6 is 15.9 Å². The van der Waals surface area contributed by atoms with Gasteiger partial charge in [0.2, 0.25) is 10.0 Å². The summed E-state index contributed by atoms with van der Waals surface area (Å²) >= 11 is 3.02. The number of sulfonamides is 1. The van der Waals surface area contributed by atoms with Gasteiger partial charge in [0.15, 0.2) is 0 Å². The maximum absolute atomic E-state index is 13.5. The van der Waals surface area contributed by atoms with Gasteiger partial charge in [0.25, 0.3) is 5.91 Å². The van der Waals surface area contributed by atoms with Gasteiger partial charge >= 0.3 is 0 Å². The number of rotatable bonds is 4. The van der Waals surface area contributed by atoms with Gasteiger partial charge in [0.1, 0.15) is 18.1 Å². The summed E-state index contributed by atoms with van der Waals surface area (Å²) in [5, 5.41) is 12.0. The molecule has 2 unspecified atom stereocenters. The normalized spacial score (nSPS) is 20.6. The number of alkyl halides is 1. The molecule has 1 heterocycles. The molecule has 144 valence electrons. The Hall–Kier alpha value is -1.88. The molecule has 1 saturated heterocycles. The van der Waals surface area contributed by atoms with Crippen LogP contribution < -0.4 is 5.32 Å². The van der Waals surface area contributed by atoms with Crippen molar-refractivity contribution in [3.05, 3.63) is 58.3 Å². The quantitative estimate of drug-likeness (QED) is 0.733. The third-order valence-electron chi connectivity index (χ3n) is 4.10. The second-order valence-electron chi connectivity index (χ2n) is 6.02. The highest BCUT2D eigenvalue weighted by atomic mass is 79.9. The Kier molecular flexibility index (Phi) is 5.61. The van der Waals surface area contributed by atoms with Crippen molar-refractivity contribution in [3.63, 3.8) is 0 Å². The van der Waals surface area contributed by atoms with Crippen molar-refractivity contribution in [2.45, 2.75) is 17.2 Å². The molecule has 1 fully saturated rings. The molecule has 6 nitrogen and oxygen atoms in total. The largest absolute Gasteiger partial charge is 0.389 e. The van der Waals surface area contributed by atoms with Crippen LogP contribution in [0.25, 0.3) is 0 Å². The van der Waals surface area contributed by atoms with Gasteiger partial charge in [-0.15, -0.1) is 0 Å². The SMILES string of the molecule is O=C(Nc1ccc(F)c(Br)c1)c1cccc(S(=O)(=O)N2CC(O)C(F)C2)c1. The number of aliphatic hydroxyl groups excluding tert-OH is 1. The first-order valence-corrected chi connectivity index (χ1v) is 10.1. The Labute approximate surface area is 163 Å². The van der Waals surface area contributed by atoms with E-state index < -0.39 is 40.6 Å². The van der Waals surface area contributed by atoms with E-state index in [2.05, 4.69) is 21.2 Å². The van der Waals surface area contributed by atoms with Crippen LogP contribution in [-0.4, -0.2) is 49.1 Å². The van der Waals surface area contributed by atoms with E-state index in [1.54, 1.807) is 0 Å². The number of hydrogen-bond donors (Lipinski definition) is 2. The van der Waals surface area contributed by atoms with Crippen LogP contribution in [0, 0.1) is 5.82 Å². The number of nitrogens with zero attached hydrogens (tertiary/aromatic N) is 1. The fourth-order valence-electron chi connectivity index (χ4n) is 2.63. The van der Waals surface area contributed by atoms with E-state index in [-0.39, 0.29) is 21.5 Å². The van der Waals surface area contributed by atoms with Crippen LogP contribution in [0.3, 0.4) is 0 Å². The second kappa shape index (κ2) is 7.63. The maximum Gasteiger partial charge on any atom is 0.255 e. The van der Waals surface area contributed by atoms with Crippen LogP contribution in [0.5, 0.6) is 0 Å². The number of β-amino-alcohol motifs (C(OH)–C–C–N with tert-alkyl or cyclic N) is 1. The number of benzene rings is 2. The van der Waals surface area contributed by atoms with E-state index in [9.17, 15) is 27.1 Å². The Bertz CT molecular complexity index is 977. The summed E-state index contributed by atoms with van der Waals surface area (Å²) in [4.78, 5) is 12.2. The lowest BCUT2D eigenvalue weighted by molar-refractivity contribution is 0.102. The van der Waals surface area contributed by atoms with Gasteiger partial charge in [0.05, 0.1) is 9.37 Å². The monoisotopic (exact) mass is 460 g/mol. The minimum Gasteiger partial charge on any atom is -0.389 e. The number of aliphatic hydroxyl groups is 1. The third kappa shape index (κ3) is 4.18. The van der Waals surface area contributed by atoms with Crippen molar-refractivity contribution in [3.8, 4) is 0 Å². The van der Waals surface area contributed by atoms with Crippen LogP contribution in [0.1, 0.15) is 10.4 Å². The lowest BCUT2D eigenvalue weighted by Gasteiger charge is -2.16. The molecular weight excluding hydrogens is 446 g/mol. The Balaban J connectivity index is 1.82. The van der Waals surface area contributed by atoms with Crippen LogP contribution in [0.4, 0.5) is 14.5 Å². The molecule has 1 aliphatic heterocycles. The average molecular weight is 461 g/mol. The molecule has 3 rings (SSSR count). The summed E-state index contributed by atoms with van der Waals surface area (Å²) in [5.41, 5.74) is 0.387. The highest BCUT2D eigenvalue weighted by Gasteiger charge is 2.38. The van der Waals surface area contributed by atoms with Crippen molar-refractivity contribution in [1.29, 1.82) is 0 Å². The van der Waals surface area contributed by atoms with Crippen molar-refractivity contribution < 1.29 is 27.1 Å². The van der Waals surface area contributed by atoms with E-state index in [0.29, 0.717) is 5.69 Å². The van der Waals surface area contributed by atoms with E-state index in [1.807, 2.05) is 0 Å². The van der Waals surface area contributed by atoms with Gasteiger partial charge in [-0.05, 0) is 52.3 Å². The molecule has 0 saturated carbocycles. The highest BCUT2D eigenvalue weighted by molar-refractivity contribution is 9.10. The van der Waals surface area contributed by atoms with Crippen LogP contribution in [0.15, 0.2) is 51.8 Å². The minimum atomic E-state index is -4.05. The summed E-state index contributed by atoms with van der Waals surface area (Å²) in [6.07, 6.45) is -3.02. The lowest BCUT2D eigenvalue weighted by atomic mass is 10.2. The first-order chi connectivity index (χ1) is 12.7. The lowest BCUT2D eigenvalue weighted by Crippen LogP contribution is -2.30. The number of hydrogen-bond acceptors (Lipinski definition) is 4. The molecular formula is C17H15BrF2N2O4S. The molecule has 27 heavy (non-hydrogen) atoms. The van der Waals surface area contributed by atoms with E-state index >= 15 is 0 Å². The molecule has 0 radical (unpaired) electrons. The topological polar surface area (TPSA) is 86.7 Å². The van der Waals surface area contributed by atoms with E-state index in [1.165, 1.54) is 42.5 Å². The van der Waals surface area contributed by atoms with Crippen LogP contribution in [0.2, 0.25) is 0 Å². The molecule has 2 aromatic rings. The van der Waals surface area contributed by atoms with Gasteiger partial charge in [0, 0.05) is 24.3 Å². The van der Waals surface area contributed by atoms with Gasteiger partial charge in [-0.1, -0.05) is 6.07 Å². The zero-order valence-electron chi connectivity index (χ0n) is 13.8. The molecule has 2 N–H and O–H groups in total. The zero-order valence-corrected chi connectivity index (χ0v) is 16.2. The number of nitrogens with one attached hydrogen (secondary N) is 1. The van der Waals surface area contributed by atoms with Gasteiger partial charge in [-0.2, -0.15) is 4.31 Å². The minimum absolute atomic E-state index is 0.0630. The zero-order chi connectivity index (χ0) is 19.8. The first kappa shape index (κ1) is 19.9. The molecule has 1 aliphatic rings.